The van der Waals surface area contributed by atoms with E-state index in [1.165, 1.54) is 5.69 Å². The third-order valence-corrected chi connectivity index (χ3v) is 4.99. The van der Waals surface area contributed by atoms with Crippen molar-refractivity contribution in [2.45, 2.75) is 12.2 Å². The van der Waals surface area contributed by atoms with Crippen molar-refractivity contribution in [1.29, 1.82) is 0 Å². The first-order valence-corrected chi connectivity index (χ1v) is 9.54. The number of nitrogens with one attached hydrogen (secondary N) is 1. The number of carbonyl (C=O) groups is 1. The van der Waals surface area contributed by atoms with Crippen LogP contribution in [0.4, 0.5) is 5.69 Å². The molecule has 24 heavy (non-hydrogen) atoms. The molecule has 3 nitrogen and oxygen atoms in total. The van der Waals surface area contributed by atoms with Gasteiger partial charge in [-0.05, 0) is 30.2 Å². The number of benzene rings is 2. The molecule has 0 fully saturated rings. The van der Waals surface area contributed by atoms with Crippen molar-refractivity contribution >= 4 is 35.0 Å². The Morgan fingerprint density at radius 1 is 1.12 bits per heavy atom. The van der Waals surface area contributed by atoms with Crippen molar-refractivity contribution < 1.29 is 4.79 Å². The van der Waals surface area contributed by atoms with Crippen LogP contribution in [0.2, 0.25) is 5.02 Å². The van der Waals surface area contributed by atoms with E-state index < -0.39 is 0 Å². The van der Waals surface area contributed by atoms with E-state index in [-0.39, 0.29) is 5.91 Å². The monoisotopic (exact) mass is 362 g/mol. The van der Waals surface area contributed by atoms with Crippen LogP contribution in [0.3, 0.4) is 0 Å². The van der Waals surface area contributed by atoms with E-state index in [4.69, 9.17) is 11.6 Å². The topological polar surface area (TPSA) is 32.3 Å². The average molecular weight is 363 g/mol. The lowest BCUT2D eigenvalue weighted by Gasteiger charge is -2.19. The van der Waals surface area contributed by atoms with Gasteiger partial charge in [0.05, 0.1) is 5.75 Å². The van der Waals surface area contributed by atoms with E-state index in [9.17, 15) is 4.79 Å². The van der Waals surface area contributed by atoms with Crippen molar-refractivity contribution in [3.8, 4) is 0 Å². The highest BCUT2D eigenvalue weighted by Crippen LogP contribution is 2.20. The number of hydrogen-bond acceptors (Lipinski definition) is 3. The third kappa shape index (κ3) is 6.46. The summed E-state index contributed by atoms with van der Waals surface area (Å²) >= 11 is 7.69. The van der Waals surface area contributed by atoms with Crippen LogP contribution in [0.1, 0.15) is 12.0 Å². The Hall–Kier alpha value is -1.65. The van der Waals surface area contributed by atoms with Crippen LogP contribution in [0.25, 0.3) is 0 Å². The fourth-order valence-corrected chi connectivity index (χ4v) is 3.42. The van der Waals surface area contributed by atoms with Gasteiger partial charge in [0.15, 0.2) is 0 Å². The van der Waals surface area contributed by atoms with Gasteiger partial charge in [-0.2, -0.15) is 0 Å². The summed E-state index contributed by atoms with van der Waals surface area (Å²) in [7, 11) is 2.07. The first-order valence-electron chi connectivity index (χ1n) is 8.01. The Labute approximate surface area is 153 Å². The molecule has 2 rings (SSSR count). The first kappa shape index (κ1) is 18.7. The van der Waals surface area contributed by atoms with Crippen molar-refractivity contribution in [3.05, 3.63) is 65.2 Å². The van der Waals surface area contributed by atoms with Gasteiger partial charge in [0.2, 0.25) is 5.91 Å². The summed E-state index contributed by atoms with van der Waals surface area (Å²) in [6.45, 7) is 1.61. The van der Waals surface area contributed by atoms with E-state index in [0.29, 0.717) is 12.3 Å². The smallest absolute Gasteiger partial charge is 0.230 e. The van der Waals surface area contributed by atoms with Gasteiger partial charge in [0, 0.05) is 36.6 Å². The molecule has 0 aliphatic carbocycles. The maximum Gasteiger partial charge on any atom is 0.230 e. The second-order valence-corrected chi connectivity index (χ2v) is 6.94. The molecule has 0 spiro atoms. The van der Waals surface area contributed by atoms with E-state index >= 15 is 0 Å². The molecular formula is C19H23ClN2OS. The Kier molecular flexibility index (Phi) is 7.99. The molecule has 0 radical (unpaired) electrons. The molecule has 0 saturated heterocycles. The largest absolute Gasteiger partial charge is 0.375 e. The lowest BCUT2D eigenvalue weighted by Crippen LogP contribution is -2.29. The molecule has 1 amide bonds. The van der Waals surface area contributed by atoms with Gasteiger partial charge in [-0.15, -0.1) is 11.8 Å². The zero-order valence-corrected chi connectivity index (χ0v) is 15.4. The number of amides is 1. The van der Waals surface area contributed by atoms with E-state index in [1.54, 1.807) is 11.8 Å². The number of anilines is 1. The number of rotatable bonds is 9. The molecule has 0 aliphatic rings. The minimum absolute atomic E-state index is 0.0782. The molecule has 0 unspecified atom stereocenters. The summed E-state index contributed by atoms with van der Waals surface area (Å²) in [6.07, 6.45) is 0.923. The summed E-state index contributed by atoms with van der Waals surface area (Å²) < 4.78 is 0. The highest BCUT2D eigenvalue weighted by atomic mass is 35.5. The maximum absolute atomic E-state index is 11.9. The number of thioether (sulfide) groups is 1. The van der Waals surface area contributed by atoms with Gasteiger partial charge in [-0.3, -0.25) is 4.79 Å². The molecule has 0 aliphatic heterocycles. The molecule has 0 bridgehead atoms. The molecular weight excluding hydrogens is 340 g/mol. The minimum atomic E-state index is 0.0782. The second-order valence-electron chi connectivity index (χ2n) is 5.54. The zero-order chi connectivity index (χ0) is 17.2. The normalized spacial score (nSPS) is 10.4. The van der Waals surface area contributed by atoms with Crippen LogP contribution in [-0.2, 0) is 10.5 Å². The van der Waals surface area contributed by atoms with Crippen molar-refractivity contribution in [3.63, 3.8) is 0 Å². The fraction of sp³-hybridized carbons (Fsp3) is 0.316. The lowest BCUT2D eigenvalue weighted by atomic mass is 10.2. The van der Waals surface area contributed by atoms with Gasteiger partial charge in [0.25, 0.3) is 0 Å². The van der Waals surface area contributed by atoms with E-state index in [1.807, 2.05) is 42.5 Å². The van der Waals surface area contributed by atoms with Crippen LogP contribution < -0.4 is 10.2 Å². The molecule has 2 aromatic carbocycles. The van der Waals surface area contributed by atoms with Crippen LogP contribution in [0.15, 0.2) is 54.6 Å². The third-order valence-electron chi connectivity index (χ3n) is 3.64. The Bertz CT molecular complexity index is 636. The number of carbonyl (C=O) groups excluding carboxylic acids is 1. The van der Waals surface area contributed by atoms with Crippen molar-refractivity contribution in [2.24, 2.45) is 0 Å². The lowest BCUT2D eigenvalue weighted by molar-refractivity contribution is -0.118. The van der Waals surface area contributed by atoms with Crippen molar-refractivity contribution in [2.75, 3.05) is 30.8 Å². The predicted octanol–water partition coefficient (Wildman–Crippen LogP) is 4.22. The summed E-state index contributed by atoms with van der Waals surface area (Å²) in [5, 5.41) is 3.73. The molecule has 2 aromatic rings. The summed E-state index contributed by atoms with van der Waals surface area (Å²) in [6, 6.07) is 18.0. The summed E-state index contributed by atoms with van der Waals surface area (Å²) in [5.74, 6) is 1.29. The van der Waals surface area contributed by atoms with Crippen LogP contribution in [-0.4, -0.2) is 31.8 Å². The molecule has 1 N–H and O–H groups in total. The number of nitrogens with zero attached hydrogens (tertiary/aromatic N) is 1. The van der Waals surface area contributed by atoms with Crippen LogP contribution >= 0.6 is 23.4 Å². The average Bonchev–Trinajstić information content (AvgIpc) is 2.61. The molecule has 0 aromatic heterocycles. The van der Waals surface area contributed by atoms with Gasteiger partial charge >= 0.3 is 0 Å². The van der Waals surface area contributed by atoms with Crippen molar-refractivity contribution in [1.82, 2.24) is 5.32 Å². The molecule has 0 heterocycles. The van der Waals surface area contributed by atoms with E-state index in [0.717, 1.165) is 29.3 Å². The summed E-state index contributed by atoms with van der Waals surface area (Å²) in [5.41, 5.74) is 2.26. The molecule has 0 saturated carbocycles. The molecule has 0 atom stereocenters. The van der Waals surface area contributed by atoms with Crippen LogP contribution in [0.5, 0.6) is 0 Å². The zero-order valence-electron chi connectivity index (χ0n) is 13.9. The van der Waals surface area contributed by atoms with Gasteiger partial charge in [-0.1, -0.05) is 48.0 Å². The van der Waals surface area contributed by atoms with E-state index in [2.05, 4.69) is 29.4 Å². The molecule has 5 heteroatoms. The molecule has 128 valence electrons. The van der Waals surface area contributed by atoms with Crippen LogP contribution in [0, 0.1) is 0 Å². The SMILES string of the molecule is CN(CCCNC(=O)CSCc1ccccc1Cl)c1ccccc1. The number of para-hydroxylation sites is 1. The minimum Gasteiger partial charge on any atom is -0.375 e. The Morgan fingerprint density at radius 3 is 2.58 bits per heavy atom. The van der Waals surface area contributed by atoms with Gasteiger partial charge < -0.3 is 10.2 Å². The predicted molar refractivity (Wildman–Crippen MR) is 105 cm³/mol. The number of hydrogen-bond donors (Lipinski definition) is 1. The second kappa shape index (κ2) is 10.3. The Morgan fingerprint density at radius 2 is 1.83 bits per heavy atom. The van der Waals surface area contributed by atoms with Gasteiger partial charge in [-0.25, -0.2) is 0 Å². The van der Waals surface area contributed by atoms with Gasteiger partial charge in [0.1, 0.15) is 0 Å². The first-order chi connectivity index (χ1) is 11.7. The highest BCUT2D eigenvalue weighted by molar-refractivity contribution is 7.99. The summed E-state index contributed by atoms with van der Waals surface area (Å²) in [4.78, 5) is 14.0. The maximum atomic E-state index is 11.9. The highest BCUT2D eigenvalue weighted by Gasteiger charge is 2.04. The quantitative estimate of drug-likeness (QED) is 0.678. The Balaban J connectivity index is 1.57. The standard InChI is InChI=1S/C19H23ClN2OS/c1-22(17-9-3-2-4-10-17)13-7-12-21-19(23)15-24-14-16-8-5-6-11-18(16)20/h2-6,8-11H,7,12-15H2,1H3,(H,21,23). The number of halogens is 1. The fourth-order valence-electron chi connectivity index (χ4n) is 2.28.